The van der Waals surface area contributed by atoms with Crippen molar-refractivity contribution in [3.63, 3.8) is 0 Å². The molecule has 1 heterocycles. The lowest BCUT2D eigenvalue weighted by atomic mass is 10.0. The van der Waals surface area contributed by atoms with Gasteiger partial charge in [-0.1, -0.05) is 12.1 Å². The molecule has 3 nitrogen and oxygen atoms in total. The normalized spacial score (nSPS) is 17.6. The number of amides is 1. The number of carbonyl (C=O) groups is 1. The summed E-state index contributed by atoms with van der Waals surface area (Å²) < 4.78 is 37.8. The molecule has 0 aliphatic carbocycles. The van der Waals surface area contributed by atoms with Gasteiger partial charge in [-0.3, -0.25) is 4.79 Å². The Morgan fingerprint density at radius 3 is 2.47 bits per heavy atom. The molecule has 2 rings (SSSR count). The van der Waals surface area contributed by atoms with Crippen LogP contribution < -0.4 is 5.73 Å². The number of nitrogens with zero attached hydrogens (tertiary/aromatic N) is 1. The first kappa shape index (κ1) is 13.9. The second-order valence-electron chi connectivity index (χ2n) is 4.63. The van der Waals surface area contributed by atoms with Crippen molar-refractivity contribution in [3.05, 3.63) is 35.4 Å². The monoisotopic (exact) mass is 272 g/mol. The lowest BCUT2D eigenvalue weighted by molar-refractivity contribution is -0.138. The van der Waals surface area contributed by atoms with Crippen molar-refractivity contribution in [1.29, 1.82) is 0 Å². The predicted molar refractivity (Wildman–Crippen MR) is 64.2 cm³/mol. The number of alkyl halides is 3. The second-order valence-corrected chi connectivity index (χ2v) is 4.63. The van der Waals surface area contributed by atoms with Gasteiger partial charge in [0.05, 0.1) is 5.56 Å². The van der Waals surface area contributed by atoms with Crippen LogP contribution in [0.15, 0.2) is 24.3 Å². The molecule has 1 amide bonds. The first-order chi connectivity index (χ1) is 8.89. The Balaban J connectivity index is 2.19. The Morgan fingerprint density at radius 1 is 1.26 bits per heavy atom. The highest BCUT2D eigenvalue weighted by Crippen LogP contribution is 2.30. The molecule has 0 bridgehead atoms. The van der Waals surface area contributed by atoms with Gasteiger partial charge in [0.2, 0.25) is 5.91 Å². The summed E-state index contributed by atoms with van der Waals surface area (Å²) in [5.74, 6) is -0.308. The molecule has 0 spiro atoms. The van der Waals surface area contributed by atoms with E-state index in [0.717, 1.165) is 25.0 Å². The van der Waals surface area contributed by atoms with E-state index in [0.29, 0.717) is 13.1 Å². The van der Waals surface area contributed by atoms with Gasteiger partial charge < -0.3 is 10.6 Å². The lowest BCUT2D eigenvalue weighted by Gasteiger charge is -2.21. The standard InChI is InChI=1S/C13H15F3N2O/c14-13(15,16)10-5-3-4-9(8-10)11(17)12(19)18-6-1-2-7-18/h3-5,8,11H,1-2,6-7,17H2. The van der Waals surface area contributed by atoms with Crippen LogP contribution in [-0.4, -0.2) is 23.9 Å². The summed E-state index contributed by atoms with van der Waals surface area (Å²) in [7, 11) is 0. The summed E-state index contributed by atoms with van der Waals surface area (Å²) in [6.45, 7) is 1.26. The largest absolute Gasteiger partial charge is 0.416 e. The van der Waals surface area contributed by atoms with Crippen LogP contribution in [-0.2, 0) is 11.0 Å². The number of carbonyl (C=O) groups excluding carboxylic acids is 1. The summed E-state index contributed by atoms with van der Waals surface area (Å²) in [4.78, 5) is 13.6. The van der Waals surface area contributed by atoms with Crippen LogP contribution in [0, 0.1) is 0 Å². The third kappa shape index (κ3) is 3.07. The predicted octanol–water partition coefficient (Wildman–Crippen LogP) is 2.33. The van der Waals surface area contributed by atoms with Gasteiger partial charge in [-0.2, -0.15) is 13.2 Å². The van der Waals surface area contributed by atoms with Crippen LogP contribution in [0.25, 0.3) is 0 Å². The van der Waals surface area contributed by atoms with Gasteiger partial charge in [0.25, 0.3) is 0 Å². The minimum absolute atomic E-state index is 0.201. The number of hydrogen-bond acceptors (Lipinski definition) is 2. The van der Waals surface area contributed by atoms with Crippen molar-refractivity contribution in [1.82, 2.24) is 4.90 Å². The Hall–Kier alpha value is -1.56. The molecule has 1 aromatic rings. The van der Waals surface area contributed by atoms with E-state index in [9.17, 15) is 18.0 Å². The van der Waals surface area contributed by atoms with Crippen LogP contribution in [0.1, 0.15) is 30.0 Å². The zero-order valence-electron chi connectivity index (χ0n) is 10.3. The van der Waals surface area contributed by atoms with Crippen molar-refractivity contribution < 1.29 is 18.0 Å². The molecule has 1 atom stereocenters. The van der Waals surface area contributed by atoms with Crippen molar-refractivity contribution >= 4 is 5.91 Å². The summed E-state index contributed by atoms with van der Waals surface area (Å²) >= 11 is 0. The number of benzene rings is 1. The number of nitrogens with two attached hydrogens (primary N) is 1. The molecule has 1 aliphatic heterocycles. The Kier molecular flexibility index (Phi) is 3.80. The zero-order valence-corrected chi connectivity index (χ0v) is 10.3. The second kappa shape index (κ2) is 5.21. The van der Waals surface area contributed by atoms with Gasteiger partial charge in [-0.25, -0.2) is 0 Å². The van der Waals surface area contributed by atoms with Crippen LogP contribution in [0.4, 0.5) is 13.2 Å². The fourth-order valence-corrected chi connectivity index (χ4v) is 2.19. The third-order valence-corrected chi connectivity index (χ3v) is 3.26. The average molecular weight is 272 g/mol. The first-order valence-electron chi connectivity index (χ1n) is 6.11. The SMILES string of the molecule is NC(C(=O)N1CCCC1)c1cccc(C(F)(F)F)c1. The molecule has 1 aromatic carbocycles. The third-order valence-electron chi connectivity index (χ3n) is 3.26. The molecule has 104 valence electrons. The van der Waals surface area contributed by atoms with E-state index in [4.69, 9.17) is 5.73 Å². The first-order valence-corrected chi connectivity index (χ1v) is 6.11. The number of rotatable bonds is 2. The number of hydrogen-bond donors (Lipinski definition) is 1. The Morgan fingerprint density at radius 2 is 1.89 bits per heavy atom. The molecule has 2 N–H and O–H groups in total. The molecule has 1 fully saturated rings. The molecule has 1 unspecified atom stereocenters. The quantitative estimate of drug-likeness (QED) is 0.898. The van der Waals surface area contributed by atoms with Crippen molar-refractivity contribution in [2.24, 2.45) is 5.73 Å². The van der Waals surface area contributed by atoms with Crippen molar-refractivity contribution in [2.45, 2.75) is 25.1 Å². The fourth-order valence-electron chi connectivity index (χ4n) is 2.19. The summed E-state index contributed by atoms with van der Waals surface area (Å²) in [5.41, 5.74) is 5.19. The molecule has 1 saturated heterocycles. The maximum absolute atomic E-state index is 12.6. The van der Waals surface area contributed by atoms with Gasteiger partial charge >= 0.3 is 6.18 Å². The molecule has 1 aliphatic rings. The van der Waals surface area contributed by atoms with Gasteiger partial charge in [0, 0.05) is 13.1 Å². The van der Waals surface area contributed by atoms with Crippen LogP contribution >= 0.6 is 0 Å². The highest BCUT2D eigenvalue weighted by Gasteiger charge is 2.32. The zero-order chi connectivity index (χ0) is 14.0. The minimum Gasteiger partial charge on any atom is -0.341 e. The maximum atomic E-state index is 12.6. The maximum Gasteiger partial charge on any atom is 0.416 e. The van der Waals surface area contributed by atoms with Crippen LogP contribution in [0.5, 0.6) is 0 Å². The smallest absolute Gasteiger partial charge is 0.341 e. The molecular weight excluding hydrogens is 257 g/mol. The lowest BCUT2D eigenvalue weighted by Crippen LogP contribution is -2.36. The highest BCUT2D eigenvalue weighted by atomic mass is 19.4. The van der Waals surface area contributed by atoms with E-state index in [1.165, 1.54) is 12.1 Å². The number of likely N-dealkylation sites (tertiary alicyclic amines) is 1. The Bertz CT molecular complexity index is 467. The van der Waals surface area contributed by atoms with E-state index >= 15 is 0 Å². The minimum atomic E-state index is -4.42. The fraction of sp³-hybridized carbons (Fsp3) is 0.462. The molecule has 0 radical (unpaired) electrons. The molecule has 19 heavy (non-hydrogen) atoms. The molecular formula is C13H15F3N2O. The molecule has 0 saturated carbocycles. The van der Waals surface area contributed by atoms with Gasteiger partial charge in [0.15, 0.2) is 0 Å². The van der Waals surface area contributed by atoms with Gasteiger partial charge in [-0.15, -0.1) is 0 Å². The summed E-state index contributed by atoms with van der Waals surface area (Å²) in [5, 5.41) is 0. The topological polar surface area (TPSA) is 46.3 Å². The van der Waals surface area contributed by atoms with Crippen molar-refractivity contribution in [3.8, 4) is 0 Å². The average Bonchev–Trinajstić information content (AvgIpc) is 2.90. The van der Waals surface area contributed by atoms with Crippen LogP contribution in [0.3, 0.4) is 0 Å². The van der Waals surface area contributed by atoms with Gasteiger partial charge in [0.1, 0.15) is 6.04 Å². The van der Waals surface area contributed by atoms with Crippen LogP contribution in [0.2, 0.25) is 0 Å². The van der Waals surface area contributed by atoms with Gasteiger partial charge in [-0.05, 0) is 30.5 Å². The summed E-state index contributed by atoms with van der Waals surface area (Å²) in [6.07, 6.45) is -2.59. The van der Waals surface area contributed by atoms with E-state index in [1.54, 1.807) is 4.90 Å². The van der Waals surface area contributed by atoms with E-state index in [1.807, 2.05) is 0 Å². The van der Waals surface area contributed by atoms with Crippen molar-refractivity contribution in [2.75, 3.05) is 13.1 Å². The summed E-state index contributed by atoms with van der Waals surface area (Å²) in [6, 6.07) is 3.61. The highest BCUT2D eigenvalue weighted by molar-refractivity contribution is 5.83. The van der Waals surface area contributed by atoms with E-state index in [-0.39, 0.29) is 11.5 Å². The molecule has 6 heteroatoms. The Labute approximate surface area is 109 Å². The molecule has 0 aromatic heterocycles. The number of halogens is 3. The van der Waals surface area contributed by atoms with E-state index in [2.05, 4.69) is 0 Å². The van der Waals surface area contributed by atoms with E-state index < -0.39 is 17.8 Å².